The van der Waals surface area contributed by atoms with Gasteiger partial charge in [0.2, 0.25) is 0 Å². The molecule has 1 rings (SSSR count). The molecule has 0 aromatic heterocycles. The largest absolute Gasteiger partial charge is 0.314 e. The Hall–Kier alpha value is -0.120. The van der Waals surface area contributed by atoms with Gasteiger partial charge >= 0.3 is 0 Å². The van der Waals surface area contributed by atoms with E-state index in [0.29, 0.717) is 11.5 Å². The van der Waals surface area contributed by atoms with Crippen molar-refractivity contribution >= 4 is 0 Å². The smallest absolute Gasteiger partial charge is 0.00475 e. The van der Waals surface area contributed by atoms with E-state index in [0.717, 1.165) is 12.5 Å². The van der Waals surface area contributed by atoms with Gasteiger partial charge in [-0.15, -0.1) is 0 Å². The maximum Gasteiger partial charge on any atom is 0.00475 e. The summed E-state index contributed by atoms with van der Waals surface area (Å²) in [7, 11) is 4.39. The molecule has 1 heterocycles. The van der Waals surface area contributed by atoms with Crippen LogP contribution in [0.2, 0.25) is 0 Å². The second-order valence-electron chi connectivity index (χ2n) is 8.08. The monoisotopic (exact) mass is 297 g/mol. The van der Waals surface area contributed by atoms with Gasteiger partial charge in [-0.1, -0.05) is 34.1 Å². The minimum atomic E-state index is 0.424. The Morgan fingerprint density at radius 2 is 1.86 bits per heavy atom. The number of hydrogen-bond acceptors (Lipinski definition) is 3. The summed E-state index contributed by atoms with van der Waals surface area (Å²) in [6, 6.07) is 0.590. The Labute approximate surface area is 133 Å². The van der Waals surface area contributed by atoms with E-state index in [9.17, 15) is 0 Å². The van der Waals surface area contributed by atoms with Gasteiger partial charge < -0.3 is 15.1 Å². The van der Waals surface area contributed by atoms with Crippen LogP contribution in [0.15, 0.2) is 0 Å². The molecule has 126 valence electrons. The molecule has 0 aromatic rings. The average molecular weight is 298 g/mol. The normalized spacial score (nSPS) is 21.1. The molecular formula is C18H39N3. The van der Waals surface area contributed by atoms with Gasteiger partial charge in [0, 0.05) is 25.7 Å². The minimum Gasteiger partial charge on any atom is -0.314 e. The molecule has 3 heteroatoms. The van der Waals surface area contributed by atoms with Crippen molar-refractivity contribution in [3.63, 3.8) is 0 Å². The second-order valence-corrected chi connectivity index (χ2v) is 8.08. The molecule has 0 spiro atoms. The zero-order valence-electron chi connectivity index (χ0n) is 15.4. The third kappa shape index (κ3) is 7.62. The Balaban J connectivity index is 2.42. The van der Waals surface area contributed by atoms with Gasteiger partial charge in [0.15, 0.2) is 0 Å². The molecule has 0 bridgehead atoms. The van der Waals surface area contributed by atoms with Crippen LogP contribution in [0.4, 0.5) is 0 Å². The van der Waals surface area contributed by atoms with E-state index in [-0.39, 0.29) is 0 Å². The van der Waals surface area contributed by atoms with E-state index in [1.54, 1.807) is 0 Å². The molecule has 1 aliphatic heterocycles. The van der Waals surface area contributed by atoms with E-state index in [1.165, 1.54) is 51.9 Å². The van der Waals surface area contributed by atoms with E-state index in [4.69, 9.17) is 0 Å². The lowest BCUT2D eigenvalue weighted by Gasteiger charge is -2.40. The first-order valence-electron chi connectivity index (χ1n) is 8.95. The van der Waals surface area contributed by atoms with Crippen molar-refractivity contribution in [1.82, 2.24) is 15.1 Å². The molecule has 1 atom stereocenters. The quantitative estimate of drug-likeness (QED) is 0.705. The van der Waals surface area contributed by atoms with Crippen LogP contribution >= 0.6 is 0 Å². The number of nitrogens with zero attached hydrogens (tertiary/aromatic N) is 2. The van der Waals surface area contributed by atoms with Gasteiger partial charge in [0.05, 0.1) is 0 Å². The summed E-state index contributed by atoms with van der Waals surface area (Å²) in [6.45, 7) is 15.5. The lowest BCUT2D eigenvalue weighted by molar-refractivity contribution is 0.102. The van der Waals surface area contributed by atoms with Crippen LogP contribution in [0.5, 0.6) is 0 Å². The van der Waals surface area contributed by atoms with Gasteiger partial charge in [0.1, 0.15) is 0 Å². The third-order valence-corrected chi connectivity index (χ3v) is 4.73. The summed E-state index contributed by atoms with van der Waals surface area (Å²) in [5.41, 5.74) is 0.424. The van der Waals surface area contributed by atoms with Crippen molar-refractivity contribution in [2.24, 2.45) is 11.3 Å². The molecule has 1 fully saturated rings. The van der Waals surface area contributed by atoms with Crippen LogP contribution in [-0.2, 0) is 0 Å². The van der Waals surface area contributed by atoms with Crippen molar-refractivity contribution in [3.05, 3.63) is 0 Å². The zero-order valence-corrected chi connectivity index (χ0v) is 15.4. The Kier molecular flexibility index (Phi) is 8.22. The van der Waals surface area contributed by atoms with Crippen molar-refractivity contribution in [3.8, 4) is 0 Å². The molecule has 0 aromatic carbocycles. The van der Waals surface area contributed by atoms with Gasteiger partial charge in [-0.05, 0) is 57.8 Å². The number of nitrogens with one attached hydrogen (secondary N) is 1. The van der Waals surface area contributed by atoms with Crippen LogP contribution < -0.4 is 5.32 Å². The zero-order chi connectivity index (χ0) is 15.9. The van der Waals surface area contributed by atoms with Crippen LogP contribution in [0, 0.1) is 11.3 Å². The summed E-state index contributed by atoms with van der Waals surface area (Å²) in [6.07, 6.45) is 5.35. The van der Waals surface area contributed by atoms with E-state index < -0.39 is 0 Å². The molecule has 1 N–H and O–H groups in total. The highest BCUT2D eigenvalue weighted by Crippen LogP contribution is 2.27. The van der Waals surface area contributed by atoms with Crippen LogP contribution in [-0.4, -0.2) is 62.7 Å². The lowest BCUT2D eigenvalue weighted by atomic mass is 9.83. The number of piperidine rings is 1. The first-order chi connectivity index (χ1) is 9.84. The molecule has 21 heavy (non-hydrogen) atoms. The van der Waals surface area contributed by atoms with Crippen LogP contribution in [0.1, 0.15) is 53.4 Å². The van der Waals surface area contributed by atoms with Gasteiger partial charge in [-0.3, -0.25) is 0 Å². The molecule has 0 radical (unpaired) electrons. The van der Waals surface area contributed by atoms with Crippen molar-refractivity contribution in [1.29, 1.82) is 0 Å². The standard InChI is InChI=1S/C18H39N3/c1-7-10-18(4,14-19-16(2)3)15-21-11-8-17(9-12-21)13-20(5)6/h16-17,19H,7-15H2,1-6H3. The Morgan fingerprint density at radius 3 is 2.33 bits per heavy atom. The predicted octanol–water partition coefficient (Wildman–Crippen LogP) is 3.06. The average Bonchev–Trinajstić information content (AvgIpc) is 2.39. The molecule has 1 saturated heterocycles. The minimum absolute atomic E-state index is 0.424. The molecule has 1 aliphatic rings. The highest BCUT2D eigenvalue weighted by molar-refractivity contribution is 4.84. The first kappa shape index (κ1) is 18.9. The van der Waals surface area contributed by atoms with Crippen LogP contribution in [0.25, 0.3) is 0 Å². The molecular weight excluding hydrogens is 258 g/mol. The Morgan fingerprint density at radius 1 is 1.24 bits per heavy atom. The third-order valence-electron chi connectivity index (χ3n) is 4.73. The van der Waals surface area contributed by atoms with Gasteiger partial charge in [-0.25, -0.2) is 0 Å². The fourth-order valence-electron chi connectivity index (χ4n) is 3.66. The summed E-state index contributed by atoms with van der Waals surface area (Å²) < 4.78 is 0. The summed E-state index contributed by atoms with van der Waals surface area (Å²) in [5, 5.41) is 3.66. The van der Waals surface area contributed by atoms with Gasteiger partial charge in [-0.2, -0.15) is 0 Å². The fourth-order valence-corrected chi connectivity index (χ4v) is 3.66. The predicted molar refractivity (Wildman–Crippen MR) is 93.9 cm³/mol. The number of likely N-dealkylation sites (tertiary alicyclic amines) is 1. The lowest BCUT2D eigenvalue weighted by Crippen LogP contribution is -2.47. The Bertz CT molecular complexity index is 270. The summed E-state index contributed by atoms with van der Waals surface area (Å²) >= 11 is 0. The first-order valence-corrected chi connectivity index (χ1v) is 8.95. The van der Waals surface area contributed by atoms with Crippen molar-refractivity contribution in [2.75, 3.05) is 46.8 Å². The van der Waals surface area contributed by atoms with Crippen LogP contribution in [0.3, 0.4) is 0 Å². The van der Waals surface area contributed by atoms with Gasteiger partial charge in [0.25, 0.3) is 0 Å². The topological polar surface area (TPSA) is 18.5 Å². The maximum absolute atomic E-state index is 3.66. The molecule has 3 nitrogen and oxygen atoms in total. The number of rotatable bonds is 9. The summed E-state index contributed by atoms with van der Waals surface area (Å²) in [5.74, 6) is 0.905. The highest BCUT2D eigenvalue weighted by Gasteiger charge is 2.28. The molecule has 0 aliphatic carbocycles. The second kappa shape index (κ2) is 9.12. The molecule has 0 saturated carbocycles. The van der Waals surface area contributed by atoms with E-state index in [1.807, 2.05) is 0 Å². The molecule has 0 amide bonds. The van der Waals surface area contributed by atoms with Crippen molar-refractivity contribution < 1.29 is 0 Å². The maximum atomic E-state index is 3.66. The fraction of sp³-hybridized carbons (Fsp3) is 1.00. The van der Waals surface area contributed by atoms with Crippen molar-refractivity contribution in [2.45, 2.75) is 59.4 Å². The van der Waals surface area contributed by atoms with E-state index >= 15 is 0 Å². The number of hydrogen-bond donors (Lipinski definition) is 1. The molecule has 1 unspecified atom stereocenters. The highest BCUT2D eigenvalue weighted by atomic mass is 15.1. The summed E-state index contributed by atoms with van der Waals surface area (Å²) in [4.78, 5) is 5.05. The van der Waals surface area contributed by atoms with E-state index in [2.05, 4.69) is 56.9 Å². The SMILES string of the molecule is CCCC(C)(CNC(C)C)CN1CCC(CN(C)C)CC1.